The molecule has 0 aliphatic heterocycles. The second-order valence-electron chi connectivity index (χ2n) is 4.76. The van der Waals surface area contributed by atoms with Crippen LogP contribution >= 0.6 is 0 Å². The molecule has 102 valence electrons. The Kier molecular flexibility index (Phi) is 3.48. The van der Waals surface area contributed by atoms with E-state index >= 15 is 0 Å². The smallest absolute Gasteiger partial charge is 0.248 e. The number of carbonyl (C=O) groups excluding carboxylic acids is 1. The molecule has 21 heavy (non-hydrogen) atoms. The van der Waals surface area contributed by atoms with Crippen LogP contribution < -0.4 is 5.73 Å². The van der Waals surface area contributed by atoms with Crippen molar-refractivity contribution in [3.8, 4) is 22.3 Å². The van der Waals surface area contributed by atoms with E-state index in [-0.39, 0.29) is 0 Å². The first kappa shape index (κ1) is 13.1. The first-order valence-corrected chi connectivity index (χ1v) is 6.65. The van der Waals surface area contributed by atoms with Gasteiger partial charge in [-0.1, -0.05) is 30.3 Å². The fourth-order valence-electron chi connectivity index (χ4n) is 2.27. The molecule has 1 heterocycles. The Labute approximate surface area is 123 Å². The molecule has 0 saturated heterocycles. The summed E-state index contributed by atoms with van der Waals surface area (Å²) in [5.41, 5.74) is 10.1. The minimum absolute atomic E-state index is 0.415. The third-order valence-electron chi connectivity index (χ3n) is 3.36. The van der Waals surface area contributed by atoms with E-state index in [0.29, 0.717) is 5.56 Å². The summed E-state index contributed by atoms with van der Waals surface area (Å²) in [7, 11) is 0. The number of amides is 1. The van der Waals surface area contributed by atoms with Crippen molar-refractivity contribution in [2.24, 2.45) is 5.73 Å². The normalized spacial score (nSPS) is 10.3. The number of hydrogen-bond donors (Lipinski definition) is 1. The Morgan fingerprint density at radius 3 is 2.00 bits per heavy atom. The monoisotopic (exact) mass is 274 g/mol. The van der Waals surface area contributed by atoms with Crippen molar-refractivity contribution in [1.82, 2.24) is 4.98 Å². The van der Waals surface area contributed by atoms with E-state index < -0.39 is 5.91 Å². The molecule has 0 spiro atoms. The predicted octanol–water partition coefficient (Wildman–Crippen LogP) is 3.51. The molecule has 2 N–H and O–H groups in total. The van der Waals surface area contributed by atoms with Gasteiger partial charge in [0.05, 0.1) is 0 Å². The molecule has 3 nitrogen and oxygen atoms in total. The van der Waals surface area contributed by atoms with Crippen molar-refractivity contribution in [2.45, 2.75) is 0 Å². The molecule has 0 saturated carbocycles. The predicted molar refractivity (Wildman–Crippen MR) is 83.6 cm³/mol. The number of nitrogens with zero attached hydrogens (tertiary/aromatic N) is 1. The van der Waals surface area contributed by atoms with Crippen LogP contribution in [0.3, 0.4) is 0 Å². The number of primary amides is 1. The fourth-order valence-corrected chi connectivity index (χ4v) is 2.27. The van der Waals surface area contributed by atoms with Crippen molar-refractivity contribution in [3.63, 3.8) is 0 Å². The van der Waals surface area contributed by atoms with Gasteiger partial charge in [-0.2, -0.15) is 0 Å². The number of nitrogens with two attached hydrogens (primary N) is 1. The highest BCUT2D eigenvalue weighted by Gasteiger charge is 2.04. The minimum atomic E-state index is -0.415. The second kappa shape index (κ2) is 5.59. The van der Waals surface area contributed by atoms with Crippen LogP contribution in [0.1, 0.15) is 10.4 Å². The van der Waals surface area contributed by atoms with Crippen molar-refractivity contribution in [2.75, 3.05) is 0 Å². The molecule has 3 aromatic rings. The lowest BCUT2D eigenvalue weighted by Gasteiger charge is -2.07. The zero-order chi connectivity index (χ0) is 14.7. The second-order valence-corrected chi connectivity index (χ2v) is 4.76. The lowest BCUT2D eigenvalue weighted by Crippen LogP contribution is -2.10. The Bertz CT molecular complexity index is 782. The van der Waals surface area contributed by atoms with Gasteiger partial charge in [0, 0.05) is 18.0 Å². The van der Waals surface area contributed by atoms with E-state index in [4.69, 9.17) is 5.73 Å². The maximum atomic E-state index is 11.3. The van der Waals surface area contributed by atoms with Gasteiger partial charge in [0.1, 0.15) is 0 Å². The van der Waals surface area contributed by atoms with E-state index in [1.165, 1.54) is 0 Å². The van der Waals surface area contributed by atoms with Crippen LogP contribution in [0.4, 0.5) is 0 Å². The standard InChI is InChI=1S/C18H14N2O/c19-18(21)17-6-2-5-16(12-17)15-4-1-3-14(11-15)13-7-9-20-10-8-13/h1-12H,(H2,19,21). The number of hydrogen-bond acceptors (Lipinski definition) is 2. The van der Waals surface area contributed by atoms with Gasteiger partial charge in [-0.15, -0.1) is 0 Å². The van der Waals surface area contributed by atoms with Crippen molar-refractivity contribution < 1.29 is 4.79 Å². The molecule has 0 atom stereocenters. The van der Waals surface area contributed by atoms with Gasteiger partial charge in [0.15, 0.2) is 0 Å². The lowest BCUT2D eigenvalue weighted by atomic mass is 9.98. The van der Waals surface area contributed by atoms with Crippen LogP contribution in [0.15, 0.2) is 73.1 Å². The van der Waals surface area contributed by atoms with Crippen LogP contribution in [0.25, 0.3) is 22.3 Å². The summed E-state index contributed by atoms with van der Waals surface area (Å²) in [4.78, 5) is 15.3. The van der Waals surface area contributed by atoms with Gasteiger partial charge in [0.25, 0.3) is 0 Å². The highest BCUT2D eigenvalue weighted by atomic mass is 16.1. The average molecular weight is 274 g/mol. The summed E-state index contributed by atoms with van der Waals surface area (Å²) >= 11 is 0. The van der Waals surface area contributed by atoms with Crippen LogP contribution in [0.5, 0.6) is 0 Å². The largest absolute Gasteiger partial charge is 0.366 e. The quantitative estimate of drug-likeness (QED) is 0.794. The number of benzene rings is 2. The first-order valence-electron chi connectivity index (χ1n) is 6.65. The first-order chi connectivity index (χ1) is 10.2. The van der Waals surface area contributed by atoms with Gasteiger partial charge in [0.2, 0.25) is 5.91 Å². The Morgan fingerprint density at radius 2 is 1.33 bits per heavy atom. The van der Waals surface area contributed by atoms with Gasteiger partial charge in [-0.25, -0.2) is 0 Å². The van der Waals surface area contributed by atoms with Crippen LogP contribution in [0.2, 0.25) is 0 Å². The Hall–Kier alpha value is -2.94. The van der Waals surface area contributed by atoms with E-state index in [0.717, 1.165) is 22.3 Å². The molecule has 1 amide bonds. The van der Waals surface area contributed by atoms with Crippen LogP contribution in [-0.4, -0.2) is 10.9 Å². The SMILES string of the molecule is NC(=O)c1cccc(-c2cccc(-c3ccncc3)c2)c1. The van der Waals surface area contributed by atoms with Crippen LogP contribution in [-0.2, 0) is 0 Å². The molecule has 0 unspecified atom stereocenters. The van der Waals surface area contributed by atoms with Gasteiger partial charge >= 0.3 is 0 Å². The number of aromatic nitrogens is 1. The molecule has 2 aromatic carbocycles. The zero-order valence-corrected chi connectivity index (χ0v) is 11.4. The van der Waals surface area contributed by atoms with Gasteiger partial charge in [-0.05, 0) is 52.6 Å². The maximum Gasteiger partial charge on any atom is 0.248 e. The van der Waals surface area contributed by atoms with Crippen molar-refractivity contribution >= 4 is 5.91 Å². The molecule has 3 heteroatoms. The molecule has 1 aromatic heterocycles. The molecular weight excluding hydrogens is 260 g/mol. The number of carbonyl (C=O) groups is 1. The van der Waals surface area contributed by atoms with Gasteiger partial charge in [-0.3, -0.25) is 9.78 Å². The minimum Gasteiger partial charge on any atom is -0.366 e. The van der Waals surface area contributed by atoms with Gasteiger partial charge < -0.3 is 5.73 Å². The van der Waals surface area contributed by atoms with Crippen molar-refractivity contribution in [1.29, 1.82) is 0 Å². The molecule has 0 aliphatic rings. The summed E-state index contributed by atoms with van der Waals surface area (Å²) in [6.45, 7) is 0. The third-order valence-corrected chi connectivity index (χ3v) is 3.36. The summed E-state index contributed by atoms with van der Waals surface area (Å²) in [6, 6.07) is 19.5. The fraction of sp³-hybridized carbons (Fsp3) is 0. The highest BCUT2D eigenvalue weighted by Crippen LogP contribution is 2.26. The van der Waals surface area contributed by atoms with E-state index in [2.05, 4.69) is 17.1 Å². The molecule has 3 rings (SSSR count). The summed E-state index contributed by atoms with van der Waals surface area (Å²) in [5.74, 6) is -0.415. The summed E-state index contributed by atoms with van der Waals surface area (Å²) in [5, 5.41) is 0. The zero-order valence-electron chi connectivity index (χ0n) is 11.4. The Balaban J connectivity index is 2.04. The summed E-state index contributed by atoms with van der Waals surface area (Å²) < 4.78 is 0. The Morgan fingerprint density at radius 1 is 0.762 bits per heavy atom. The molecular formula is C18H14N2O. The molecule has 0 fully saturated rings. The van der Waals surface area contributed by atoms with E-state index in [9.17, 15) is 4.79 Å². The average Bonchev–Trinajstić information content (AvgIpc) is 2.56. The number of pyridine rings is 1. The maximum absolute atomic E-state index is 11.3. The highest BCUT2D eigenvalue weighted by molar-refractivity contribution is 5.94. The van der Waals surface area contributed by atoms with Crippen LogP contribution in [0, 0.1) is 0 Å². The molecule has 0 radical (unpaired) electrons. The summed E-state index contributed by atoms with van der Waals surface area (Å²) in [6.07, 6.45) is 3.55. The molecule has 0 bridgehead atoms. The lowest BCUT2D eigenvalue weighted by molar-refractivity contribution is 0.100. The topological polar surface area (TPSA) is 56.0 Å². The van der Waals surface area contributed by atoms with Crippen molar-refractivity contribution in [3.05, 3.63) is 78.6 Å². The third kappa shape index (κ3) is 2.82. The van der Waals surface area contributed by atoms with E-state index in [1.807, 2.05) is 42.5 Å². The van der Waals surface area contributed by atoms with E-state index in [1.54, 1.807) is 18.5 Å². The number of rotatable bonds is 3. The molecule has 0 aliphatic carbocycles.